The topological polar surface area (TPSA) is 95.4 Å². The molecule has 42 valence electrons. The summed E-state index contributed by atoms with van der Waals surface area (Å²) in [6.45, 7) is 0. The average Bonchev–Trinajstić information content (AvgIpc) is 2.02. The Bertz CT molecular complexity index is 91.4. The minimum absolute atomic E-state index is 0.833. The van der Waals surface area contributed by atoms with E-state index in [2.05, 4.69) is 19.5 Å². The van der Waals surface area contributed by atoms with Crippen molar-refractivity contribution >= 4 is 18.0 Å². The fraction of sp³-hybridized carbons (Fsp3) is 0. The Hall–Kier alpha value is -0.910. The Morgan fingerprint density at radius 1 is 1.43 bits per heavy atom. The number of hydrogen-bond donors (Lipinski definition) is 2. The highest BCUT2D eigenvalue weighted by molar-refractivity contribution is 6.95. The summed E-state index contributed by atoms with van der Waals surface area (Å²) in [5.41, 5.74) is 8.50. The van der Waals surface area contributed by atoms with Gasteiger partial charge in [0.25, 0.3) is 0 Å². The van der Waals surface area contributed by atoms with E-state index in [1.807, 2.05) is 0 Å². The van der Waals surface area contributed by atoms with Crippen LogP contribution >= 0.6 is 11.9 Å². The molecule has 1 aromatic rings. The third kappa shape index (κ3) is 6000. The highest BCUT2D eigenvalue weighted by atomic mass is 32.2. The van der Waals surface area contributed by atoms with Gasteiger partial charge in [0.2, 0.25) is 0 Å². The molecule has 0 aromatic carbocycles. The van der Waals surface area contributed by atoms with Gasteiger partial charge in [0.05, 0.1) is 0 Å². The molecule has 5 nitrogen and oxygen atoms in total. The second kappa shape index (κ2) is 3.29. The number of carbonyl (C=O) groups is 1. The zero-order valence-electron chi connectivity index (χ0n) is 3.29. The standard InChI is InChI=1S/CH4N2O.O2S/c2-1(3)4;1-2-3-1/h(H4,2,3,4);. The second-order valence-corrected chi connectivity index (χ2v) is 1.01. The maximum absolute atomic E-state index is 9.00. The summed E-state index contributed by atoms with van der Waals surface area (Å²) >= 11 is 1.000. The van der Waals surface area contributed by atoms with Crippen LogP contribution < -0.4 is 11.5 Å². The van der Waals surface area contributed by atoms with Gasteiger partial charge in [-0.1, -0.05) is 0 Å². The predicted molar refractivity (Wildman–Crippen MR) is 22.6 cm³/mol. The van der Waals surface area contributed by atoms with Crippen LogP contribution in [0.25, 0.3) is 0 Å². The summed E-state index contributed by atoms with van der Waals surface area (Å²) < 4.78 is 7.83. The van der Waals surface area contributed by atoms with Crippen molar-refractivity contribution in [2.75, 3.05) is 0 Å². The molecule has 0 atom stereocenters. The van der Waals surface area contributed by atoms with Crippen molar-refractivity contribution in [3.8, 4) is 0 Å². The first-order valence-corrected chi connectivity index (χ1v) is 1.95. The smallest absolute Gasteiger partial charge is 0.335 e. The largest absolute Gasteiger partial charge is 0.352 e. The molecule has 0 saturated heterocycles. The summed E-state index contributed by atoms with van der Waals surface area (Å²) in [5, 5.41) is 0. The Morgan fingerprint density at radius 3 is 1.57 bits per heavy atom. The van der Waals surface area contributed by atoms with E-state index in [0.717, 1.165) is 11.9 Å². The molecule has 0 spiro atoms. The lowest BCUT2D eigenvalue weighted by Gasteiger charge is -1.62. The van der Waals surface area contributed by atoms with E-state index < -0.39 is 6.03 Å². The maximum atomic E-state index is 9.00. The first kappa shape index (κ1) is 6.09. The summed E-state index contributed by atoms with van der Waals surface area (Å²) in [6, 6.07) is -0.833. The highest BCUT2D eigenvalue weighted by Gasteiger charge is 1.66. The SMILES string of the molecule is NC(N)=O.o1os1. The molecule has 7 heavy (non-hydrogen) atoms. The monoisotopic (exact) mass is 124 g/mol. The van der Waals surface area contributed by atoms with Gasteiger partial charge in [0, 0.05) is 0 Å². The Balaban J connectivity index is 0.000000105. The molecule has 1 aromatic heterocycles. The molecule has 1 rings (SSSR count). The van der Waals surface area contributed by atoms with E-state index in [-0.39, 0.29) is 0 Å². The van der Waals surface area contributed by atoms with Crippen molar-refractivity contribution < 1.29 is 12.8 Å². The van der Waals surface area contributed by atoms with Crippen LogP contribution in [0, 0.1) is 0 Å². The fourth-order valence-electron chi connectivity index (χ4n) is 0. The van der Waals surface area contributed by atoms with E-state index in [0.29, 0.717) is 0 Å². The van der Waals surface area contributed by atoms with Gasteiger partial charge in [-0.25, -0.2) is 4.79 Å². The van der Waals surface area contributed by atoms with E-state index in [9.17, 15) is 0 Å². The third-order valence-electron chi connectivity index (χ3n) is 0.0680. The molecular weight excluding hydrogens is 120 g/mol. The lowest BCUT2D eigenvalue weighted by atomic mass is 11.2. The highest BCUT2D eigenvalue weighted by Crippen LogP contribution is 1.97. The summed E-state index contributed by atoms with van der Waals surface area (Å²) in [6.07, 6.45) is 0. The molecule has 0 unspecified atom stereocenters. The van der Waals surface area contributed by atoms with Gasteiger partial charge >= 0.3 is 18.0 Å². The number of primary amides is 2. The van der Waals surface area contributed by atoms with Crippen LogP contribution in [0.1, 0.15) is 0 Å². The van der Waals surface area contributed by atoms with Crippen LogP contribution in [0.15, 0.2) is 8.02 Å². The van der Waals surface area contributed by atoms with Crippen molar-refractivity contribution in [2.24, 2.45) is 11.5 Å². The van der Waals surface area contributed by atoms with Crippen LogP contribution in [-0.2, 0) is 0 Å². The first-order valence-electron chi connectivity index (χ1n) is 1.28. The minimum atomic E-state index is -0.833. The summed E-state index contributed by atoms with van der Waals surface area (Å²) in [4.78, 5) is 9.00. The number of rotatable bonds is 0. The Morgan fingerprint density at radius 2 is 1.57 bits per heavy atom. The maximum Gasteiger partial charge on any atom is 0.335 e. The molecule has 0 fully saturated rings. The minimum Gasteiger partial charge on any atom is -0.352 e. The molecule has 0 radical (unpaired) electrons. The van der Waals surface area contributed by atoms with E-state index in [1.54, 1.807) is 0 Å². The number of carbonyl (C=O) groups excluding carboxylic acids is 1. The summed E-state index contributed by atoms with van der Waals surface area (Å²) in [5.74, 6) is 0. The number of hydrogen-bond acceptors (Lipinski definition) is 4. The van der Waals surface area contributed by atoms with E-state index in [1.165, 1.54) is 0 Å². The second-order valence-electron chi connectivity index (χ2n) is 0.606. The zero-order valence-corrected chi connectivity index (χ0v) is 4.10. The van der Waals surface area contributed by atoms with Crippen molar-refractivity contribution in [3.05, 3.63) is 0 Å². The van der Waals surface area contributed by atoms with Gasteiger partial charge < -0.3 is 11.5 Å². The van der Waals surface area contributed by atoms with Crippen molar-refractivity contribution in [1.82, 2.24) is 0 Å². The van der Waals surface area contributed by atoms with Crippen molar-refractivity contribution in [1.29, 1.82) is 0 Å². The molecule has 0 bridgehead atoms. The van der Waals surface area contributed by atoms with Crippen LogP contribution in [-0.4, -0.2) is 6.03 Å². The third-order valence-corrected chi connectivity index (χ3v) is 0.204. The van der Waals surface area contributed by atoms with Gasteiger partial charge in [0.1, 0.15) is 0 Å². The lowest BCUT2D eigenvalue weighted by Crippen LogP contribution is -2.18. The predicted octanol–water partition coefficient (Wildman–Crippen LogP) is -0.0421. The lowest BCUT2D eigenvalue weighted by molar-refractivity contribution is 0.256. The van der Waals surface area contributed by atoms with E-state index >= 15 is 0 Å². The van der Waals surface area contributed by atoms with Crippen molar-refractivity contribution in [3.63, 3.8) is 0 Å². The molecule has 0 aliphatic carbocycles. The van der Waals surface area contributed by atoms with Crippen LogP contribution in [0.2, 0.25) is 0 Å². The fourth-order valence-corrected chi connectivity index (χ4v) is 0. The molecule has 0 aliphatic rings. The number of urea groups is 1. The van der Waals surface area contributed by atoms with Crippen LogP contribution in [0.3, 0.4) is 0 Å². The Kier molecular flexibility index (Phi) is 2.86. The molecule has 2 amide bonds. The molecule has 4 N–H and O–H groups in total. The van der Waals surface area contributed by atoms with E-state index in [4.69, 9.17) is 4.79 Å². The molecule has 6 heteroatoms. The molecule has 0 aliphatic heterocycles. The summed E-state index contributed by atoms with van der Waals surface area (Å²) in [7, 11) is 0. The van der Waals surface area contributed by atoms with Crippen molar-refractivity contribution in [2.45, 2.75) is 0 Å². The normalized spacial score (nSPS) is 6.86. The Labute approximate surface area is 43.2 Å². The molecular formula is CH4N2O3S. The zero-order chi connectivity index (χ0) is 5.70. The quantitative estimate of drug-likeness (QED) is 0.475. The molecule has 0 saturated carbocycles. The van der Waals surface area contributed by atoms with Gasteiger partial charge in [-0.05, 0) is 0 Å². The van der Waals surface area contributed by atoms with Gasteiger partial charge in [-0.15, -0.1) is 0 Å². The van der Waals surface area contributed by atoms with Gasteiger partial charge in [-0.2, -0.15) is 8.02 Å². The van der Waals surface area contributed by atoms with Crippen LogP contribution in [0.5, 0.6) is 0 Å². The van der Waals surface area contributed by atoms with Crippen LogP contribution in [0.4, 0.5) is 4.79 Å². The molecule has 1 heterocycles. The first-order chi connectivity index (χ1) is 3.23. The number of nitrogens with two attached hydrogens (primary N) is 2. The average molecular weight is 124 g/mol. The number of amides is 2. The van der Waals surface area contributed by atoms with Gasteiger partial charge in [-0.3, -0.25) is 0 Å². The van der Waals surface area contributed by atoms with Gasteiger partial charge in [0.15, 0.2) is 0 Å².